The number of nitrogens with one attached hydrogen (secondary N) is 1. The Morgan fingerprint density at radius 1 is 1.53 bits per heavy atom. The van der Waals surface area contributed by atoms with Crippen molar-refractivity contribution in [3.63, 3.8) is 0 Å². The summed E-state index contributed by atoms with van der Waals surface area (Å²) in [6, 6.07) is 1.49. The fourth-order valence-electron chi connectivity index (χ4n) is 2.74. The van der Waals surface area contributed by atoms with Crippen LogP contribution in [0.4, 0.5) is 0 Å². The second-order valence-corrected chi connectivity index (χ2v) is 4.96. The molecule has 1 aliphatic carbocycles. The molecule has 2 unspecified atom stereocenters. The summed E-state index contributed by atoms with van der Waals surface area (Å²) in [5.74, 6) is 2.03. The number of aromatic amines is 1. The average molecular weight is 235 g/mol. The molecular weight excluding hydrogens is 214 g/mol. The number of rotatable bonds is 3. The smallest absolute Gasteiger partial charge is 0.251 e. The van der Waals surface area contributed by atoms with Crippen LogP contribution in [0.5, 0.6) is 0 Å². The normalized spacial score (nSPS) is 24.8. The van der Waals surface area contributed by atoms with Crippen LogP contribution < -0.4 is 11.3 Å². The van der Waals surface area contributed by atoms with Gasteiger partial charge in [-0.1, -0.05) is 26.2 Å². The maximum absolute atomic E-state index is 11.5. The summed E-state index contributed by atoms with van der Waals surface area (Å²) in [5.41, 5.74) is 6.18. The zero-order valence-electron chi connectivity index (χ0n) is 10.4. The van der Waals surface area contributed by atoms with Crippen LogP contribution >= 0.6 is 0 Å². The zero-order valence-corrected chi connectivity index (χ0v) is 10.4. The van der Waals surface area contributed by atoms with Crippen LogP contribution in [0.15, 0.2) is 10.9 Å². The summed E-state index contributed by atoms with van der Waals surface area (Å²) in [6.07, 6.45) is 6.05. The molecule has 0 spiro atoms. The SMILES string of the molecule is CCC1CCCC(c2nc(CN)cc(=O)[nH]2)C1. The fraction of sp³-hybridized carbons (Fsp3) is 0.692. The third-order valence-electron chi connectivity index (χ3n) is 3.77. The van der Waals surface area contributed by atoms with Crippen molar-refractivity contribution in [2.75, 3.05) is 0 Å². The van der Waals surface area contributed by atoms with Gasteiger partial charge in [0.15, 0.2) is 0 Å². The number of hydrogen-bond donors (Lipinski definition) is 2. The molecule has 1 fully saturated rings. The van der Waals surface area contributed by atoms with Gasteiger partial charge in [0.05, 0.1) is 5.69 Å². The van der Waals surface area contributed by atoms with Crippen LogP contribution in [0.1, 0.15) is 56.5 Å². The van der Waals surface area contributed by atoms with Gasteiger partial charge in [0.1, 0.15) is 5.82 Å². The molecule has 17 heavy (non-hydrogen) atoms. The lowest BCUT2D eigenvalue weighted by Gasteiger charge is -2.27. The van der Waals surface area contributed by atoms with Gasteiger partial charge in [-0.3, -0.25) is 4.79 Å². The lowest BCUT2D eigenvalue weighted by atomic mass is 9.80. The van der Waals surface area contributed by atoms with Crippen LogP contribution in [0.3, 0.4) is 0 Å². The molecule has 0 saturated heterocycles. The summed E-state index contributed by atoms with van der Waals surface area (Å²) in [7, 11) is 0. The first-order valence-electron chi connectivity index (χ1n) is 6.53. The first kappa shape index (κ1) is 12.3. The number of hydrogen-bond acceptors (Lipinski definition) is 3. The topological polar surface area (TPSA) is 71.8 Å². The molecule has 2 rings (SSSR count). The lowest BCUT2D eigenvalue weighted by molar-refractivity contribution is 0.306. The van der Waals surface area contributed by atoms with Crippen LogP contribution in [-0.2, 0) is 6.54 Å². The summed E-state index contributed by atoms with van der Waals surface area (Å²) in [4.78, 5) is 18.9. The third-order valence-corrected chi connectivity index (χ3v) is 3.77. The fourth-order valence-corrected chi connectivity index (χ4v) is 2.74. The highest BCUT2D eigenvalue weighted by molar-refractivity contribution is 5.06. The Hall–Kier alpha value is -1.16. The molecule has 1 saturated carbocycles. The molecule has 1 aromatic heterocycles. The first-order valence-corrected chi connectivity index (χ1v) is 6.53. The molecule has 3 N–H and O–H groups in total. The molecule has 0 amide bonds. The van der Waals surface area contributed by atoms with E-state index in [1.807, 2.05) is 0 Å². The second kappa shape index (κ2) is 5.45. The molecule has 0 aromatic carbocycles. The van der Waals surface area contributed by atoms with Gasteiger partial charge in [-0.15, -0.1) is 0 Å². The van der Waals surface area contributed by atoms with Gasteiger partial charge >= 0.3 is 0 Å². The van der Waals surface area contributed by atoms with Crippen molar-refractivity contribution in [2.24, 2.45) is 11.7 Å². The molecular formula is C13H21N3O. The maximum atomic E-state index is 11.5. The molecule has 1 heterocycles. The van der Waals surface area contributed by atoms with E-state index in [2.05, 4.69) is 16.9 Å². The van der Waals surface area contributed by atoms with Crippen molar-refractivity contribution >= 4 is 0 Å². The van der Waals surface area contributed by atoms with Crippen molar-refractivity contribution < 1.29 is 0 Å². The number of H-pyrrole nitrogens is 1. The minimum absolute atomic E-state index is 0.0749. The summed E-state index contributed by atoms with van der Waals surface area (Å²) < 4.78 is 0. The highest BCUT2D eigenvalue weighted by Gasteiger charge is 2.23. The second-order valence-electron chi connectivity index (χ2n) is 4.96. The Bertz CT molecular complexity index is 427. The van der Waals surface area contributed by atoms with E-state index in [1.165, 1.54) is 25.3 Å². The monoisotopic (exact) mass is 235 g/mol. The Morgan fingerprint density at radius 2 is 2.35 bits per heavy atom. The molecule has 94 valence electrons. The Kier molecular flexibility index (Phi) is 3.94. The van der Waals surface area contributed by atoms with Crippen LogP contribution in [0, 0.1) is 5.92 Å². The van der Waals surface area contributed by atoms with E-state index in [-0.39, 0.29) is 5.56 Å². The number of nitrogens with two attached hydrogens (primary N) is 1. The van der Waals surface area contributed by atoms with Gasteiger partial charge in [0, 0.05) is 18.5 Å². The molecule has 2 atom stereocenters. The van der Waals surface area contributed by atoms with Gasteiger partial charge in [-0.2, -0.15) is 0 Å². The Morgan fingerprint density at radius 3 is 3.06 bits per heavy atom. The van der Waals surface area contributed by atoms with Gasteiger partial charge in [-0.05, 0) is 18.8 Å². The molecule has 4 heteroatoms. The number of nitrogens with zero attached hydrogens (tertiary/aromatic N) is 1. The zero-order chi connectivity index (χ0) is 12.3. The largest absolute Gasteiger partial charge is 0.325 e. The molecule has 4 nitrogen and oxygen atoms in total. The van der Waals surface area contributed by atoms with Crippen molar-refractivity contribution in [1.82, 2.24) is 9.97 Å². The molecule has 0 bridgehead atoms. The third kappa shape index (κ3) is 2.94. The standard InChI is InChI=1S/C13H21N3O/c1-2-9-4-3-5-10(6-9)13-15-11(8-14)7-12(17)16-13/h7,9-10H,2-6,8,14H2,1H3,(H,15,16,17). The van der Waals surface area contributed by atoms with E-state index in [1.54, 1.807) is 0 Å². The van der Waals surface area contributed by atoms with Crippen molar-refractivity contribution in [1.29, 1.82) is 0 Å². The van der Waals surface area contributed by atoms with E-state index in [9.17, 15) is 4.79 Å². The molecule has 0 radical (unpaired) electrons. The van der Waals surface area contributed by atoms with E-state index < -0.39 is 0 Å². The quantitative estimate of drug-likeness (QED) is 0.840. The highest BCUT2D eigenvalue weighted by atomic mass is 16.1. The van der Waals surface area contributed by atoms with E-state index in [0.717, 1.165) is 24.6 Å². The van der Waals surface area contributed by atoms with Crippen LogP contribution in [-0.4, -0.2) is 9.97 Å². The van der Waals surface area contributed by atoms with E-state index >= 15 is 0 Å². The minimum atomic E-state index is -0.0749. The van der Waals surface area contributed by atoms with Gasteiger partial charge in [0.25, 0.3) is 5.56 Å². The van der Waals surface area contributed by atoms with Gasteiger partial charge < -0.3 is 10.7 Å². The van der Waals surface area contributed by atoms with Crippen molar-refractivity contribution in [3.05, 3.63) is 27.9 Å². The average Bonchev–Trinajstić information content (AvgIpc) is 2.38. The predicted octanol–water partition coefficient (Wildman–Crippen LogP) is 1.91. The Labute approximate surface area is 102 Å². The first-order chi connectivity index (χ1) is 8.22. The summed E-state index contributed by atoms with van der Waals surface area (Å²) in [5, 5.41) is 0. The van der Waals surface area contributed by atoms with Crippen molar-refractivity contribution in [3.8, 4) is 0 Å². The maximum Gasteiger partial charge on any atom is 0.251 e. The lowest BCUT2D eigenvalue weighted by Crippen LogP contribution is -2.21. The Balaban J connectivity index is 2.21. The predicted molar refractivity (Wildman–Crippen MR) is 67.7 cm³/mol. The minimum Gasteiger partial charge on any atom is -0.325 e. The van der Waals surface area contributed by atoms with Crippen molar-refractivity contribution in [2.45, 2.75) is 51.5 Å². The van der Waals surface area contributed by atoms with E-state index in [0.29, 0.717) is 18.2 Å². The summed E-state index contributed by atoms with van der Waals surface area (Å²) in [6.45, 7) is 2.57. The van der Waals surface area contributed by atoms with E-state index in [4.69, 9.17) is 5.73 Å². The number of aromatic nitrogens is 2. The highest BCUT2D eigenvalue weighted by Crippen LogP contribution is 2.35. The van der Waals surface area contributed by atoms with Gasteiger partial charge in [-0.25, -0.2) is 4.98 Å². The summed E-state index contributed by atoms with van der Waals surface area (Å²) >= 11 is 0. The molecule has 1 aromatic rings. The van der Waals surface area contributed by atoms with Gasteiger partial charge in [0.2, 0.25) is 0 Å². The molecule has 1 aliphatic rings. The van der Waals surface area contributed by atoms with Crippen LogP contribution in [0.2, 0.25) is 0 Å². The molecule has 0 aliphatic heterocycles. The van der Waals surface area contributed by atoms with Crippen LogP contribution in [0.25, 0.3) is 0 Å².